The molecule has 4 rings (SSSR count). The summed E-state index contributed by atoms with van der Waals surface area (Å²) >= 11 is 0. The van der Waals surface area contributed by atoms with E-state index in [1.807, 2.05) is 6.92 Å². The van der Waals surface area contributed by atoms with Crippen LogP contribution < -0.4 is 10.6 Å². The number of anilines is 1. The van der Waals surface area contributed by atoms with E-state index in [0.717, 1.165) is 25.5 Å². The Morgan fingerprint density at radius 1 is 1.42 bits per heavy atom. The number of carbonyl (C=O) groups is 1. The van der Waals surface area contributed by atoms with Crippen molar-refractivity contribution in [3.8, 4) is 11.4 Å². The summed E-state index contributed by atoms with van der Waals surface area (Å²) in [7, 11) is 0. The number of nitrogens with zero attached hydrogens (tertiary/aromatic N) is 3. The zero-order valence-electron chi connectivity index (χ0n) is 14.3. The molecule has 8 heteroatoms. The van der Waals surface area contributed by atoms with Crippen molar-refractivity contribution in [2.75, 3.05) is 11.9 Å². The molecule has 26 heavy (non-hydrogen) atoms. The molecule has 1 aliphatic carbocycles. The number of H-pyrrole nitrogens is 1. The molecule has 0 saturated heterocycles. The quantitative estimate of drug-likeness (QED) is 0.626. The summed E-state index contributed by atoms with van der Waals surface area (Å²) in [4.78, 5) is 28.1. The Labute approximate surface area is 153 Å². The number of aromatic amines is 1. The van der Waals surface area contributed by atoms with E-state index in [-0.39, 0.29) is 10.2 Å². The third-order valence-corrected chi connectivity index (χ3v) is 4.48. The van der Waals surface area contributed by atoms with E-state index in [1.54, 1.807) is 18.5 Å². The zero-order chi connectivity index (χ0) is 18.1. The largest absolute Gasteiger partial charge is 0.356 e. The average Bonchev–Trinajstić information content (AvgIpc) is 3.30. The maximum atomic E-state index is 13.5. The smallest absolute Gasteiger partial charge is 0.245 e. The van der Waals surface area contributed by atoms with Gasteiger partial charge in [-0.15, -0.1) is 0 Å². The summed E-state index contributed by atoms with van der Waals surface area (Å²) in [6, 6.07) is 3.13. The highest BCUT2D eigenvalue weighted by Crippen LogP contribution is 2.39. The van der Waals surface area contributed by atoms with Crippen LogP contribution in [0.15, 0.2) is 30.7 Å². The molecule has 0 spiro atoms. The summed E-state index contributed by atoms with van der Waals surface area (Å²) < 4.78 is 13.5. The van der Waals surface area contributed by atoms with Gasteiger partial charge >= 0.3 is 0 Å². The molecule has 0 aliphatic heterocycles. The fraction of sp³-hybridized carbons (Fsp3) is 0.333. The summed E-state index contributed by atoms with van der Waals surface area (Å²) in [6.45, 7) is 2.67. The predicted octanol–water partition coefficient (Wildman–Crippen LogP) is 3.37. The number of aromatic nitrogens is 4. The Morgan fingerprint density at radius 3 is 3.04 bits per heavy atom. The molecule has 1 aliphatic rings. The van der Waals surface area contributed by atoms with E-state index in [2.05, 4.69) is 30.6 Å². The van der Waals surface area contributed by atoms with Crippen molar-refractivity contribution in [3.63, 3.8) is 0 Å². The predicted molar refractivity (Wildman–Crippen MR) is 102 cm³/mol. The van der Waals surface area contributed by atoms with Crippen LogP contribution in [0, 0.1) is 5.82 Å². The van der Waals surface area contributed by atoms with Gasteiger partial charge in [-0.1, -0.05) is 6.92 Å². The number of amides is 1. The van der Waals surface area contributed by atoms with Gasteiger partial charge in [-0.05, 0) is 31.4 Å². The van der Waals surface area contributed by atoms with E-state index >= 15 is 0 Å². The minimum Gasteiger partial charge on any atom is -0.356 e. The molecule has 3 aromatic rings. The molecular formula is C18H25FN6O. The Balaban J connectivity index is 0.00000140. The topological polar surface area (TPSA) is 95.6 Å². The van der Waals surface area contributed by atoms with Gasteiger partial charge in [0.25, 0.3) is 0 Å². The maximum absolute atomic E-state index is 13.5. The van der Waals surface area contributed by atoms with Gasteiger partial charge in [0, 0.05) is 34.2 Å². The number of carbonyl (C=O) groups excluding carboxylic acids is 1. The van der Waals surface area contributed by atoms with Crippen molar-refractivity contribution >= 4 is 22.8 Å². The first-order chi connectivity index (χ1) is 12.6. The molecule has 1 amide bonds. The van der Waals surface area contributed by atoms with Crippen LogP contribution in [0.3, 0.4) is 0 Å². The number of hydrogen-bond acceptors (Lipinski definition) is 5. The Kier molecular flexibility index (Phi) is 4.02. The molecule has 7 nitrogen and oxygen atoms in total. The van der Waals surface area contributed by atoms with Crippen molar-refractivity contribution < 1.29 is 13.5 Å². The lowest BCUT2D eigenvalue weighted by molar-refractivity contribution is -0.122. The van der Waals surface area contributed by atoms with Crippen molar-refractivity contribution in [1.82, 2.24) is 25.3 Å². The second-order valence-corrected chi connectivity index (χ2v) is 6.48. The summed E-state index contributed by atoms with van der Waals surface area (Å²) in [5, 5.41) is 6.78. The highest BCUT2D eigenvalue weighted by Gasteiger charge is 2.50. The van der Waals surface area contributed by atoms with E-state index in [9.17, 15) is 9.18 Å². The second-order valence-electron chi connectivity index (χ2n) is 6.48. The Morgan fingerprint density at radius 2 is 2.27 bits per heavy atom. The normalized spacial score (nSPS) is 15.0. The Hall–Kier alpha value is -3.03. The molecule has 3 N–H and O–H groups in total. The zero-order valence-corrected chi connectivity index (χ0v) is 14.3. The minimum absolute atomic E-state index is 0. The number of fused-ring (bicyclic) bond motifs is 1. The third kappa shape index (κ3) is 2.98. The number of nitrogens with one attached hydrogen (secondary N) is 3. The second kappa shape index (κ2) is 6.36. The lowest BCUT2D eigenvalue weighted by atomic mass is 10.2. The van der Waals surface area contributed by atoms with Gasteiger partial charge < -0.3 is 15.6 Å². The number of rotatable bonds is 6. The summed E-state index contributed by atoms with van der Waals surface area (Å²) in [5.41, 5.74) is 0.645. The molecule has 140 valence electrons. The molecule has 0 unspecified atom stereocenters. The number of halogens is 1. The van der Waals surface area contributed by atoms with Gasteiger partial charge in [0.15, 0.2) is 5.82 Å². The van der Waals surface area contributed by atoms with Crippen LogP contribution in [-0.4, -0.2) is 37.9 Å². The first kappa shape index (κ1) is 16.4. The van der Waals surface area contributed by atoms with Crippen LogP contribution in [0.25, 0.3) is 22.4 Å². The molecule has 1 saturated carbocycles. The van der Waals surface area contributed by atoms with Crippen LogP contribution in [0.4, 0.5) is 10.2 Å². The lowest BCUT2D eigenvalue weighted by Crippen LogP contribution is -2.42. The van der Waals surface area contributed by atoms with Gasteiger partial charge in [-0.25, -0.2) is 19.3 Å². The van der Waals surface area contributed by atoms with Gasteiger partial charge in [-0.3, -0.25) is 4.79 Å². The highest BCUT2D eigenvalue weighted by atomic mass is 19.1. The van der Waals surface area contributed by atoms with Crippen molar-refractivity contribution in [2.45, 2.75) is 31.7 Å². The Bertz CT molecular complexity index is 979. The van der Waals surface area contributed by atoms with Gasteiger partial charge in [0.2, 0.25) is 5.91 Å². The fourth-order valence-electron chi connectivity index (χ4n) is 2.91. The molecule has 0 bridgehead atoms. The first-order valence-corrected chi connectivity index (χ1v) is 8.64. The SMILES string of the molecule is CCCNC(=O)C1(Nc2ccnc(-c3c[nH]c4ncc(F)cc34)n2)CC1.[HH].[HH].[HH]. The maximum Gasteiger partial charge on any atom is 0.245 e. The van der Waals surface area contributed by atoms with E-state index in [4.69, 9.17) is 0 Å². The first-order valence-electron chi connectivity index (χ1n) is 8.64. The van der Waals surface area contributed by atoms with Gasteiger partial charge in [0.05, 0.1) is 6.20 Å². The number of hydrogen-bond donors (Lipinski definition) is 3. The van der Waals surface area contributed by atoms with Crippen LogP contribution in [0.2, 0.25) is 0 Å². The van der Waals surface area contributed by atoms with Crippen LogP contribution in [-0.2, 0) is 4.79 Å². The van der Waals surface area contributed by atoms with Crippen LogP contribution in [0.5, 0.6) is 0 Å². The third-order valence-electron chi connectivity index (χ3n) is 4.48. The monoisotopic (exact) mass is 360 g/mol. The summed E-state index contributed by atoms with van der Waals surface area (Å²) in [6.07, 6.45) is 6.92. The van der Waals surface area contributed by atoms with Gasteiger partial charge in [0.1, 0.15) is 22.8 Å². The molecule has 0 atom stereocenters. The average molecular weight is 360 g/mol. The highest BCUT2D eigenvalue weighted by molar-refractivity contribution is 5.93. The molecular weight excluding hydrogens is 335 g/mol. The lowest BCUT2D eigenvalue weighted by Gasteiger charge is -2.17. The van der Waals surface area contributed by atoms with E-state index in [1.165, 1.54) is 6.07 Å². The molecule has 0 aromatic carbocycles. The van der Waals surface area contributed by atoms with E-state index < -0.39 is 11.4 Å². The van der Waals surface area contributed by atoms with Crippen molar-refractivity contribution in [2.24, 2.45) is 0 Å². The van der Waals surface area contributed by atoms with Crippen molar-refractivity contribution in [3.05, 3.63) is 36.5 Å². The van der Waals surface area contributed by atoms with Gasteiger partial charge in [-0.2, -0.15) is 0 Å². The summed E-state index contributed by atoms with van der Waals surface area (Å²) in [5.74, 6) is 0.589. The van der Waals surface area contributed by atoms with Crippen LogP contribution in [0.1, 0.15) is 30.5 Å². The molecule has 3 heterocycles. The standard InChI is InChI=1S/C18H19FN6O.3H2/c1-2-6-21-17(26)18(4-5-18)25-14-3-7-20-16(24-14)13-10-23-15-12(13)8-11(19)9-22-15;;;/h3,7-10H,2,4-6H2,1H3,(H,21,26)(H,22,23)(H,20,24,25);3*1H. The minimum atomic E-state index is -0.589. The number of pyridine rings is 1. The molecule has 3 aromatic heterocycles. The van der Waals surface area contributed by atoms with E-state index in [0.29, 0.717) is 34.8 Å². The fourth-order valence-corrected chi connectivity index (χ4v) is 2.91. The van der Waals surface area contributed by atoms with Crippen molar-refractivity contribution in [1.29, 1.82) is 0 Å². The molecule has 0 radical (unpaired) electrons. The van der Waals surface area contributed by atoms with Crippen LogP contribution >= 0.6 is 0 Å². The molecule has 1 fully saturated rings.